The molecule has 0 bridgehead atoms. The molecule has 0 saturated carbocycles. The van der Waals surface area contributed by atoms with Crippen LogP contribution in [-0.4, -0.2) is 49.0 Å². The molecule has 1 amide bonds. The summed E-state index contributed by atoms with van der Waals surface area (Å²) in [6, 6.07) is 20.7. The highest BCUT2D eigenvalue weighted by Gasteiger charge is 2.18. The molecule has 0 spiro atoms. The van der Waals surface area contributed by atoms with E-state index in [1.54, 1.807) is 0 Å². The number of anilines is 1. The lowest BCUT2D eigenvalue weighted by molar-refractivity contribution is -0.120. The molecule has 3 aromatic carbocycles. The Bertz CT molecular complexity index is 1370. The molecule has 204 valence electrons. The molecule has 1 aliphatic heterocycles. The number of hydrogen-bond acceptors (Lipinski definition) is 5. The minimum absolute atomic E-state index is 0.0543. The summed E-state index contributed by atoms with van der Waals surface area (Å²) in [6.45, 7) is 4.33. The molecule has 5 rings (SSSR count). The second-order valence-electron chi connectivity index (χ2n) is 10.0. The number of carbonyl (C=O) groups excluding carboxylic acids is 1. The largest absolute Gasteiger partial charge is 0.384 e. The molecule has 1 aliphatic rings. The minimum Gasteiger partial charge on any atom is -0.384 e. The van der Waals surface area contributed by atoms with E-state index in [-0.39, 0.29) is 5.91 Å². The van der Waals surface area contributed by atoms with Gasteiger partial charge in [0.05, 0.1) is 11.7 Å². The third-order valence-corrected chi connectivity index (χ3v) is 7.55. The molecule has 0 radical (unpaired) electrons. The third-order valence-electron chi connectivity index (χ3n) is 7.24. The van der Waals surface area contributed by atoms with Crippen LogP contribution in [0, 0.1) is 0 Å². The number of H-pyrrole nitrogens is 1. The zero-order valence-corrected chi connectivity index (χ0v) is 22.9. The Labute approximate surface area is 234 Å². The van der Waals surface area contributed by atoms with Crippen LogP contribution in [0.4, 0.5) is 5.69 Å². The van der Waals surface area contributed by atoms with Gasteiger partial charge in [0, 0.05) is 67.5 Å². The van der Waals surface area contributed by atoms with E-state index >= 15 is 0 Å². The fourth-order valence-corrected chi connectivity index (χ4v) is 5.38. The van der Waals surface area contributed by atoms with E-state index in [2.05, 4.69) is 56.5 Å². The van der Waals surface area contributed by atoms with Crippen molar-refractivity contribution in [1.29, 1.82) is 0 Å². The van der Waals surface area contributed by atoms with Crippen LogP contribution in [0.25, 0.3) is 22.0 Å². The number of aromatic amines is 1. The first kappa shape index (κ1) is 27.2. The van der Waals surface area contributed by atoms with Gasteiger partial charge < -0.3 is 20.7 Å². The van der Waals surface area contributed by atoms with E-state index in [1.807, 2.05) is 36.5 Å². The molecular weight excluding hydrogens is 510 g/mol. The van der Waals surface area contributed by atoms with Crippen LogP contribution in [0.2, 0.25) is 5.02 Å². The standard InChI is InChI=1S/C31H36ClN5O2/c32-28-17-22(7-8-26(28)24-5-2-1-3-6-24)20-33-14-9-31(38)35-13-4-12-34-29-18-25(23-10-15-39-16-11-23)19-30-27(29)21-36-37-30/h1-3,5-8,17-19,21,23,33-34H,4,9-16,20H2,(H,35,38)(H,36,37). The maximum atomic E-state index is 12.3. The van der Waals surface area contributed by atoms with E-state index in [0.29, 0.717) is 32.0 Å². The third kappa shape index (κ3) is 7.38. The number of rotatable bonds is 12. The van der Waals surface area contributed by atoms with Crippen LogP contribution in [0.1, 0.15) is 42.7 Å². The van der Waals surface area contributed by atoms with Crippen molar-refractivity contribution < 1.29 is 9.53 Å². The van der Waals surface area contributed by atoms with Crippen molar-refractivity contribution in [2.75, 3.05) is 38.2 Å². The van der Waals surface area contributed by atoms with Crippen LogP contribution < -0.4 is 16.0 Å². The topological polar surface area (TPSA) is 91.1 Å². The van der Waals surface area contributed by atoms with Gasteiger partial charge in [-0.1, -0.05) is 54.1 Å². The smallest absolute Gasteiger partial charge is 0.221 e. The number of fused-ring (bicyclic) bond motifs is 1. The lowest BCUT2D eigenvalue weighted by Gasteiger charge is -2.23. The van der Waals surface area contributed by atoms with Crippen molar-refractivity contribution >= 4 is 34.1 Å². The van der Waals surface area contributed by atoms with E-state index in [4.69, 9.17) is 16.3 Å². The highest BCUT2D eigenvalue weighted by atomic mass is 35.5. The molecule has 8 heteroatoms. The van der Waals surface area contributed by atoms with E-state index in [1.165, 1.54) is 5.56 Å². The lowest BCUT2D eigenvalue weighted by Crippen LogP contribution is -2.29. The Kier molecular flexibility index (Phi) is 9.48. The van der Waals surface area contributed by atoms with Gasteiger partial charge in [0.15, 0.2) is 0 Å². The molecule has 0 unspecified atom stereocenters. The maximum absolute atomic E-state index is 12.3. The SMILES string of the molecule is O=C(CCNCc1ccc(-c2ccccc2)c(Cl)c1)NCCCNc1cc(C2CCOCC2)cc2[nH]ncc12. The number of nitrogens with one attached hydrogen (secondary N) is 4. The molecule has 0 aliphatic carbocycles. The number of ether oxygens (including phenoxy) is 1. The monoisotopic (exact) mass is 545 g/mol. The van der Waals surface area contributed by atoms with Crippen LogP contribution in [0.3, 0.4) is 0 Å². The zero-order valence-electron chi connectivity index (χ0n) is 22.1. The van der Waals surface area contributed by atoms with Crippen molar-refractivity contribution in [1.82, 2.24) is 20.8 Å². The van der Waals surface area contributed by atoms with Gasteiger partial charge in [0.2, 0.25) is 5.91 Å². The summed E-state index contributed by atoms with van der Waals surface area (Å²) in [6.07, 6.45) is 5.24. The summed E-state index contributed by atoms with van der Waals surface area (Å²) in [4.78, 5) is 12.3. The molecule has 7 nitrogen and oxygen atoms in total. The van der Waals surface area contributed by atoms with Crippen molar-refractivity contribution in [3.05, 3.63) is 83.0 Å². The molecule has 1 fully saturated rings. The average molecular weight is 546 g/mol. The summed E-state index contributed by atoms with van der Waals surface area (Å²) in [5.41, 5.74) is 6.70. The first-order chi connectivity index (χ1) is 19.2. The van der Waals surface area contributed by atoms with Gasteiger partial charge >= 0.3 is 0 Å². The predicted octanol–water partition coefficient (Wildman–Crippen LogP) is 5.88. The molecule has 0 atom stereocenters. The molecule has 39 heavy (non-hydrogen) atoms. The Morgan fingerprint density at radius 2 is 1.87 bits per heavy atom. The molecule has 1 saturated heterocycles. The van der Waals surface area contributed by atoms with Crippen LogP contribution in [-0.2, 0) is 16.1 Å². The second-order valence-corrected chi connectivity index (χ2v) is 10.4. The van der Waals surface area contributed by atoms with Gasteiger partial charge in [0.25, 0.3) is 0 Å². The zero-order chi connectivity index (χ0) is 26.9. The average Bonchev–Trinajstić information content (AvgIpc) is 3.45. The predicted molar refractivity (Wildman–Crippen MR) is 158 cm³/mol. The van der Waals surface area contributed by atoms with E-state index in [9.17, 15) is 4.79 Å². The van der Waals surface area contributed by atoms with Gasteiger partial charge in [-0.3, -0.25) is 9.89 Å². The Morgan fingerprint density at radius 3 is 2.69 bits per heavy atom. The number of halogens is 1. The normalized spacial score (nSPS) is 14.0. The molecule has 1 aromatic heterocycles. The molecular formula is C31H36ClN5O2. The highest BCUT2D eigenvalue weighted by Crippen LogP contribution is 2.33. The van der Waals surface area contributed by atoms with Crippen molar-refractivity contribution in [3.8, 4) is 11.1 Å². The summed E-state index contributed by atoms with van der Waals surface area (Å²) < 4.78 is 5.53. The Morgan fingerprint density at radius 1 is 1.03 bits per heavy atom. The summed E-state index contributed by atoms with van der Waals surface area (Å²) in [5, 5.41) is 19.1. The lowest BCUT2D eigenvalue weighted by atomic mass is 9.90. The number of benzene rings is 3. The highest BCUT2D eigenvalue weighted by molar-refractivity contribution is 6.33. The van der Waals surface area contributed by atoms with Gasteiger partial charge in [-0.05, 0) is 60.1 Å². The maximum Gasteiger partial charge on any atom is 0.221 e. The van der Waals surface area contributed by atoms with Crippen molar-refractivity contribution in [2.24, 2.45) is 0 Å². The number of hydrogen-bond donors (Lipinski definition) is 4. The van der Waals surface area contributed by atoms with Gasteiger partial charge in [-0.25, -0.2) is 0 Å². The first-order valence-corrected chi connectivity index (χ1v) is 14.1. The summed E-state index contributed by atoms with van der Waals surface area (Å²) in [7, 11) is 0. The van der Waals surface area contributed by atoms with Crippen molar-refractivity contribution in [3.63, 3.8) is 0 Å². The van der Waals surface area contributed by atoms with Crippen LogP contribution >= 0.6 is 11.6 Å². The number of nitrogens with zero attached hydrogens (tertiary/aromatic N) is 1. The molecule has 4 aromatic rings. The first-order valence-electron chi connectivity index (χ1n) is 13.8. The molecule has 4 N–H and O–H groups in total. The van der Waals surface area contributed by atoms with E-state index < -0.39 is 0 Å². The fraction of sp³-hybridized carbons (Fsp3) is 0.355. The van der Waals surface area contributed by atoms with E-state index in [0.717, 1.165) is 77.3 Å². The number of aromatic nitrogens is 2. The summed E-state index contributed by atoms with van der Waals surface area (Å²) >= 11 is 6.51. The van der Waals surface area contributed by atoms with Gasteiger partial charge in [0.1, 0.15) is 0 Å². The quantitative estimate of drug-likeness (QED) is 0.167. The number of amides is 1. The van der Waals surface area contributed by atoms with Crippen LogP contribution in [0.15, 0.2) is 66.9 Å². The number of carbonyl (C=O) groups is 1. The van der Waals surface area contributed by atoms with Crippen LogP contribution in [0.5, 0.6) is 0 Å². The Hall–Kier alpha value is -3.39. The van der Waals surface area contributed by atoms with Gasteiger partial charge in [-0.15, -0.1) is 0 Å². The summed E-state index contributed by atoms with van der Waals surface area (Å²) in [5.74, 6) is 0.573. The van der Waals surface area contributed by atoms with Crippen molar-refractivity contribution in [2.45, 2.75) is 38.1 Å². The van der Waals surface area contributed by atoms with Gasteiger partial charge in [-0.2, -0.15) is 5.10 Å². The Balaban J connectivity index is 1.00. The fourth-order valence-electron chi connectivity index (χ4n) is 5.07. The molecule has 2 heterocycles. The second kappa shape index (κ2) is 13.6. The minimum atomic E-state index is 0.0543.